The maximum atomic E-state index is 3.96. The van der Waals surface area contributed by atoms with Gasteiger partial charge in [0.05, 0.1) is 0 Å². The minimum atomic E-state index is 0.286. The van der Waals surface area contributed by atoms with Gasteiger partial charge < -0.3 is 0 Å². The molecule has 0 bridgehead atoms. The van der Waals surface area contributed by atoms with Crippen LogP contribution in [-0.4, -0.2) is 14.2 Å². The zero-order chi connectivity index (χ0) is 9.94. The predicted octanol–water partition coefficient (Wildman–Crippen LogP) is 2.63. The van der Waals surface area contributed by atoms with E-state index in [-0.39, 0.29) is 5.31 Å². The van der Waals surface area contributed by atoms with Crippen LogP contribution >= 0.6 is 0 Å². The molecular formula is C10H22B2. The first-order valence-electron chi connectivity index (χ1n) is 4.99. The Balaban J connectivity index is 4.62. The summed E-state index contributed by atoms with van der Waals surface area (Å²) in [5, 5.41) is 0.286. The van der Waals surface area contributed by atoms with E-state index in [0.29, 0.717) is 11.8 Å². The maximum absolute atomic E-state index is 3.96. The van der Waals surface area contributed by atoms with Gasteiger partial charge in [-0.05, 0) is 0 Å². The molecule has 0 N–H and O–H groups in total. The van der Waals surface area contributed by atoms with E-state index in [1.165, 1.54) is 0 Å². The van der Waals surface area contributed by atoms with Crippen molar-refractivity contribution in [2.24, 2.45) is 17.8 Å². The quantitative estimate of drug-likeness (QED) is 0.560. The molecule has 0 heterocycles. The molecule has 12 heavy (non-hydrogen) atoms. The topological polar surface area (TPSA) is 0 Å². The van der Waals surface area contributed by atoms with Crippen LogP contribution in [0.1, 0.15) is 41.5 Å². The molecule has 68 valence electrons. The second-order valence-electron chi connectivity index (χ2n) is 4.76. The molecule has 0 aliphatic heterocycles. The Kier molecular flexibility index (Phi) is 4.44. The molecule has 0 aliphatic carbocycles. The summed E-state index contributed by atoms with van der Waals surface area (Å²) < 4.78 is 0. The van der Waals surface area contributed by atoms with Crippen LogP contribution in [0.25, 0.3) is 0 Å². The Bertz CT molecular complexity index is 152. The number of rotatable bonds is 4. The van der Waals surface area contributed by atoms with Crippen LogP contribution in [-0.2, 0) is 0 Å². The van der Waals surface area contributed by atoms with Crippen molar-refractivity contribution in [3.05, 3.63) is 0 Å². The van der Waals surface area contributed by atoms with Crippen molar-refractivity contribution in [2.75, 3.05) is 0 Å². The summed E-state index contributed by atoms with van der Waals surface area (Å²) >= 11 is 0. The second kappa shape index (κ2) is 4.39. The molecule has 0 fully saturated rings. The summed E-state index contributed by atoms with van der Waals surface area (Å²) in [6, 6.07) is 0. The van der Waals surface area contributed by atoms with Crippen LogP contribution in [0.4, 0.5) is 0 Å². The van der Waals surface area contributed by atoms with E-state index in [1.807, 2.05) is 0 Å². The normalized spacial score (nSPS) is 18.9. The summed E-state index contributed by atoms with van der Waals surface area (Å²) in [6.07, 6.45) is 0. The Morgan fingerprint density at radius 3 is 1.58 bits per heavy atom. The van der Waals surface area contributed by atoms with Gasteiger partial charge in [-0.15, -0.1) is 0 Å². The van der Waals surface area contributed by atoms with Crippen LogP contribution in [0.3, 0.4) is 0 Å². The zero-order valence-electron chi connectivity index (χ0n) is 9.52. The van der Waals surface area contributed by atoms with Gasteiger partial charge in [0, 0.05) is 0 Å². The average molecular weight is 164 g/mol. The Labute approximate surface area is 79.4 Å². The van der Waals surface area contributed by atoms with E-state index in [1.54, 1.807) is 0 Å². The molecule has 0 aromatic carbocycles. The van der Waals surface area contributed by atoms with Gasteiger partial charge in [0.25, 0.3) is 0 Å². The number of hydrogen-bond donors (Lipinski definition) is 0. The van der Waals surface area contributed by atoms with Crippen molar-refractivity contribution in [1.29, 1.82) is 0 Å². The monoisotopic (exact) mass is 164 g/mol. The van der Waals surface area contributed by atoms with E-state index in [2.05, 4.69) is 55.7 Å². The van der Waals surface area contributed by atoms with Crippen molar-refractivity contribution in [3.8, 4) is 0 Å². The van der Waals surface area contributed by atoms with Crippen LogP contribution in [0.15, 0.2) is 0 Å². The van der Waals surface area contributed by atoms with Crippen LogP contribution in [0.5, 0.6) is 0 Å². The molecule has 2 atom stereocenters. The van der Waals surface area contributed by atoms with Gasteiger partial charge in [0.1, 0.15) is 0 Å². The summed E-state index contributed by atoms with van der Waals surface area (Å²) in [4.78, 5) is 0. The molecule has 0 saturated heterocycles. The molecule has 0 radical (unpaired) electrons. The molecule has 0 spiro atoms. The molecule has 0 aromatic rings. The fourth-order valence-corrected chi connectivity index (χ4v) is 1.67. The molecule has 0 aromatic heterocycles. The van der Waals surface area contributed by atoms with Crippen molar-refractivity contribution < 1.29 is 0 Å². The van der Waals surface area contributed by atoms with E-state index >= 15 is 0 Å². The number of hydrogen-bond acceptors (Lipinski definition) is 0. The van der Waals surface area contributed by atoms with Gasteiger partial charge in [-0.1, -0.05) is 0 Å². The standard InChI is InChI=1S/C10H22B2/c1-7(2)9(5)10(6,12-11)8(3)4/h7-9,11H,1-6H3. The molecule has 2 unspecified atom stereocenters. The SMILES string of the molecule is B=BC(C)(C(C)C)C(C)C(C)C. The van der Waals surface area contributed by atoms with E-state index in [0.717, 1.165) is 5.92 Å². The Morgan fingerprint density at radius 1 is 1.08 bits per heavy atom. The van der Waals surface area contributed by atoms with Gasteiger partial charge in [-0.3, -0.25) is 0 Å². The first-order chi connectivity index (χ1) is 5.36. The third-order valence-corrected chi connectivity index (χ3v) is 3.66. The van der Waals surface area contributed by atoms with Crippen LogP contribution in [0.2, 0.25) is 5.31 Å². The molecular weight excluding hydrogens is 142 g/mol. The van der Waals surface area contributed by atoms with Gasteiger partial charge in [0.15, 0.2) is 0 Å². The van der Waals surface area contributed by atoms with Crippen molar-refractivity contribution in [2.45, 2.75) is 46.9 Å². The zero-order valence-corrected chi connectivity index (χ0v) is 9.52. The fourth-order valence-electron chi connectivity index (χ4n) is 1.67. The molecule has 0 amide bonds. The van der Waals surface area contributed by atoms with Gasteiger partial charge in [-0.2, -0.15) is 0 Å². The first kappa shape index (κ1) is 12.1. The Hall–Kier alpha value is 0.130. The van der Waals surface area contributed by atoms with E-state index < -0.39 is 0 Å². The Morgan fingerprint density at radius 2 is 1.50 bits per heavy atom. The van der Waals surface area contributed by atoms with Gasteiger partial charge in [0.2, 0.25) is 0 Å². The second-order valence-corrected chi connectivity index (χ2v) is 4.76. The van der Waals surface area contributed by atoms with Crippen molar-refractivity contribution in [1.82, 2.24) is 0 Å². The summed E-state index contributed by atoms with van der Waals surface area (Å²) in [7, 11) is 3.96. The summed E-state index contributed by atoms with van der Waals surface area (Å²) in [5.41, 5.74) is 0. The minimum absolute atomic E-state index is 0.286. The average Bonchev–Trinajstić information content (AvgIpc) is 2.01. The predicted molar refractivity (Wildman–Crippen MR) is 60.1 cm³/mol. The molecule has 0 aliphatic rings. The molecule has 2 heteroatoms. The third-order valence-electron chi connectivity index (χ3n) is 3.66. The van der Waals surface area contributed by atoms with Gasteiger partial charge in [-0.25, -0.2) is 0 Å². The van der Waals surface area contributed by atoms with E-state index in [9.17, 15) is 0 Å². The van der Waals surface area contributed by atoms with Crippen LogP contribution < -0.4 is 0 Å². The molecule has 0 nitrogen and oxygen atoms in total. The molecule has 0 saturated carbocycles. The summed E-state index contributed by atoms with van der Waals surface area (Å²) in [5.74, 6) is 2.11. The van der Waals surface area contributed by atoms with Crippen molar-refractivity contribution >= 4 is 14.2 Å². The summed E-state index contributed by atoms with van der Waals surface area (Å²) in [6.45, 7) is 15.9. The fraction of sp³-hybridized carbons (Fsp3) is 1.00. The van der Waals surface area contributed by atoms with Crippen LogP contribution in [0, 0.1) is 17.8 Å². The third kappa shape index (κ3) is 2.31. The van der Waals surface area contributed by atoms with Gasteiger partial charge >= 0.3 is 78.8 Å². The van der Waals surface area contributed by atoms with E-state index in [4.69, 9.17) is 0 Å². The first-order valence-corrected chi connectivity index (χ1v) is 4.99. The molecule has 0 rings (SSSR count). The van der Waals surface area contributed by atoms with Crippen molar-refractivity contribution in [3.63, 3.8) is 0 Å².